The van der Waals surface area contributed by atoms with Gasteiger partial charge in [-0.1, -0.05) is 6.07 Å². The van der Waals surface area contributed by atoms with E-state index in [2.05, 4.69) is 11.1 Å². The summed E-state index contributed by atoms with van der Waals surface area (Å²) in [5.41, 5.74) is 1.76. The zero-order chi connectivity index (χ0) is 16.4. The standard InChI is InChI=1S/C19H20N2O3/c22-19(15-6-7-17-18(11-15)24-13-23-17)21-9-3-4-14(12-21)10-16-5-1-2-8-20-16/h1-2,5-8,11,14H,3-4,9-10,12-13H2. The van der Waals surface area contributed by atoms with E-state index in [1.54, 1.807) is 6.07 Å². The Kier molecular flexibility index (Phi) is 4.07. The van der Waals surface area contributed by atoms with Gasteiger partial charge in [0, 0.05) is 30.5 Å². The van der Waals surface area contributed by atoms with Gasteiger partial charge in [-0.05, 0) is 55.5 Å². The van der Waals surface area contributed by atoms with Crippen LogP contribution >= 0.6 is 0 Å². The lowest BCUT2D eigenvalue weighted by atomic mass is 9.92. The van der Waals surface area contributed by atoms with Crippen LogP contribution in [0.1, 0.15) is 28.9 Å². The van der Waals surface area contributed by atoms with Crippen molar-refractivity contribution in [1.82, 2.24) is 9.88 Å². The molecule has 124 valence electrons. The predicted octanol–water partition coefficient (Wildman–Crippen LogP) is 2.91. The van der Waals surface area contributed by atoms with E-state index in [1.165, 1.54) is 0 Å². The van der Waals surface area contributed by atoms with Gasteiger partial charge < -0.3 is 14.4 Å². The average molecular weight is 324 g/mol. The van der Waals surface area contributed by atoms with Gasteiger partial charge >= 0.3 is 0 Å². The number of rotatable bonds is 3. The molecule has 2 aliphatic heterocycles. The predicted molar refractivity (Wildman–Crippen MR) is 89.1 cm³/mol. The van der Waals surface area contributed by atoms with Crippen molar-refractivity contribution >= 4 is 5.91 Å². The van der Waals surface area contributed by atoms with Gasteiger partial charge in [0.25, 0.3) is 5.91 Å². The van der Waals surface area contributed by atoms with Crippen molar-refractivity contribution in [2.24, 2.45) is 5.92 Å². The minimum absolute atomic E-state index is 0.0685. The highest BCUT2D eigenvalue weighted by Crippen LogP contribution is 2.33. The molecule has 2 aromatic rings. The maximum atomic E-state index is 12.8. The molecule has 4 rings (SSSR count). The highest BCUT2D eigenvalue weighted by Gasteiger charge is 2.26. The zero-order valence-electron chi connectivity index (χ0n) is 13.5. The number of likely N-dealkylation sites (tertiary alicyclic amines) is 1. The second kappa shape index (κ2) is 6.51. The van der Waals surface area contributed by atoms with E-state index in [0.29, 0.717) is 23.0 Å². The fourth-order valence-corrected chi connectivity index (χ4v) is 3.44. The van der Waals surface area contributed by atoms with E-state index < -0.39 is 0 Å². The molecule has 2 aliphatic rings. The molecule has 1 amide bonds. The molecule has 1 aromatic heterocycles. The van der Waals surface area contributed by atoms with Crippen LogP contribution in [0.25, 0.3) is 0 Å². The SMILES string of the molecule is O=C(c1ccc2c(c1)OCO2)N1CCCC(Cc2ccccn2)C1. The molecule has 0 bridgehead atoms. The van der Waals surface area contributed by atoms with Crippen LogP contribution in [-0.4, -0.2) is 35.7 Å². The van der Waals surface area contributed by atoms with Crippen molar-refractivity contribution in [2.75, 3.05) is 19.9 Å². The Bertz CT molecular complexity index is 733. The molecule has 1 unspecified atom stereocenters. The first-order valence-electron chi connectivity index (χ1n) is 8.38. The van der Waals surface area contributed by atoms with Crippen LogP contribution in [0, 0.1) is 5.92 Å². The summed E-state index contributed by atoms with van der Waals surface area (Å²) >= 11 is 0. The van der Waals surface area contributed by atoms with Gasteiger partial charge in [0.15, 0.2) is 11.5 Å². The largest absolute Gasteiger partial charge is 0.454 e. The van der Waals surface area contributed by atoms with Crippen molar-refractivity contribution < 1.29 is 14.3 Å². The van der Waals surface area contributed by atoms with Crippen molar-refractivity contribution in [3.05, 3.63) is 53.9 Å². The first kappa shape index (κ1) is 15.0. The van der Waals surface area contributed by atoms with Gasteiger partial charge in [0.05, 0.1) is 0 Å². The fourth-order valence-electron chi connectivity index (χ4n) is 3.44. The molecule has 1 saturated heterocycles. The van der Waals surface area contributed by atoms with Gasteiger partial charge in [-0.2, -0.15) is 0 Å². The molecular weight excluding hydrogens is 304 g/mol. The number of fused-ring (bicyclic) bond motifs is 1. The summed E-state index contributed by atoms with van der Waals surface area (Å²) < 4.78 is 10.7. The molecule has 1 atom stereocenters. The number of piperidine rings is 1. The van der Waals surface area contributed by atoms with Crippen molar-refractivity contribution in [3.8, 4) is 11.5 Å². The minimum atomic E-state index is 0.0685. The maximum absolute atomic E-state index is 12.8. The van der Waals surface area contributed by atoms with E-state index >= 15 is 0 Å². The lowest BCUT2D eigenvalue weighted by Gasteiger charge is -2.32. The number of aromatic nitrogens is 1. The number of benzene rings is 1. The van der Waals surface area contributed by atoms with E-state index in [9.17, 15) is 4.79 Å². The van der Waals surface area contributed by atoms with Crippen LogP contribution < -0.4 is 9.47 Å². The quantitative estimate of drug-likeness (QED) is 0.871. The molecule has 1 fully saturated rings. The number of amides is 1. The van der Waals surface area contributed by atoms with E-state index in [-0.39, 0.29) is 12.7 Å². The number of nitrogens with zero attached hydrogens (tertiary/aromatic N) is 2. The van der Waals surface area contributed by atoms with E-state index in [0.717, 1.165) is 38.0 Å². The molecule has 0 saturated carbocycles. The third-order valence-corrected chi connectivity index (χ3v) is 4.65. The van der Waals surface area contributed by atoms with E-state index in [1.807, 2.05) is 35.4 Å². The van der Waals surface area contributed by atoms with Crippen LogP contribution in [0.4, 0.5) is 0 Å². The average Bonchev–Trinajstić information content (AvgIpc) is 3.10. The minimum Gasteiger partial charge on any atom is -0.454 e. The Labute approximate surface area is 141 Å². The monoisotopic (exact) mass is 324 g/mol. The van der Waals surface area contributed by atoms with E-state index in [4.69, 9.17) is 9.47 Å². The van der Waals surface area contributed by atoms with Gasteiger partial charge in [0.2, 0.25) is 6.79 Å². The van der Waals surface area contributed by atoms with Crippen LogP contribution in [0.3, 0.4) is 0 Å². The Hall–Kier alpha value is -2.56. The first-order valence-corrected chi connectivity index (χ1v) is 8.38. The third kappa shape index (κ3) is 3.07. The second-order valence-corrected chi connectivity index (χ2v) is 6.35. The highest BCUT2D eigenvalue weighted by atomic mass is 16.7. The van der Waals surface area contributed by atoms with Crippen LogP contribution in [0.5, 0.6) is 11.5 Å². The summed E-state index contributed by atoms with van der Waals surface area (Å²) in [4.78, 5) is 19.2. The number of pyridine rings is 1. The first-order chi connectivity index (χ1) is 11.8. The summed E-state index contributed by atoms with van der Waals surface area (Å²) in [6.07, 6.45) is 4.93. The van der Waals surface area contributed by atoms with Gasteiger partial charge in [-0.15, -0.1) is 0 Å². The van der Waals surface area contributed by atoms with Crippen molar-refractivity contribution in [2.45, 2.75) is 19.3 Å². The zero-order valence-corrected chi connectivity index (χ0v) is 13.5. The summed E-state index contributed by atoms with van der Waals surface area (Å²) in [6.45, 7) is 1.82. The molecule has 5 nitrogen and oxygen atoms in total. The second-order valence-electron chi connectivity index (χ2n) is 6.35. The molecular formula is C19H20N2O3. The molecule has 3 heterocycles. The van der Waals surface area contributed by atoms with Gasteiger partial charge in [-0.25, -0.2) is 0 Å². The number of ether oxygens (including phenoxy) is 2. The summed E-state index contributed by atoms with van der Waals surface area (Å²) in [5.74, 6) is 1.90. The van der Waals surface area contributed by atoms with Crippen LogP contribution in [0.15, 0.2) is 42.6 Å². The normalized spacial score (nSPS) is 19.3. The Balaban J connectivity index is 1.44. The molecule has 0 aliphatic carbocycles. The van der Waals surface area contributed by atoms with Crippen LogP contribution in [0.2, 0.25) is 0 Å². The number of hydrogen-bond acceptors (Lipinski definition) is 4. The summed E-state index contributed by atoms with van der Waals surface area (Å²) in [6, 6.07) is 11.4. The Morgan fingerprint density at radius 2 is 2.12 bits per heavy atom. The Morgan fingerprint density at radius 3 is 3.00 bits per heavy atom. The molecule has 1 aromatic carbocycles. The summed E-state index contributed by atoms with van der Waals surface area (Å²) in [7, 11) is 0. The van der Waals surface area contributed by atoms with Gasteiger partial charge in [0.1, 0.15) is 0 Å². The highest BCUT2D eigenvalue weighted by molar-refractivity contribution is 5.95. The third-order valence-electron chi connectivity index (χ3n) is 4.65. The molecule has 0 spiro atoms. The Morgan fingerprint density at radius 1 is 1.21 bits per heavy atom. The topological polar surface area (TPSA) is 51.7 Å². The van der Waals surface area contributed by atoms with Crippen molar-refractivity contribution in [1.29, 1.82) is 0 Å². The maximum Gasteiger partial charge on any atom is 0.254 e. The van der Waals surface area contributed by atoms with Crippen molar-refractivity contribution in [3.63, 3.8) is 0 Å². The van der Waals surface area contributed by atoms with Gasteiger partial charge in [-0.3, -0.25) is 9.78 Å². The summed E-state index contributed by atoms with van der Waals surface area (Å²) in [5, 5.41) is 0. The molecule has 24 heavy (non-hydrogen) atoms. The molecule has 0 N–H and O–H groups in total. The number of hydrogen-bond donors (Lipinski definition) is 0. The molecule has 0 radical (unpaired) electrons. The number of carbonyl (C=O) groups excluding carboxylic acids is 1. The lowest BCUT2D eigenvalue weighted by Crippen LogP contribution is -2.40. The van der Waals surface area contributed by atoms with Crippen LogP contribution in [-0.2, 0) is 6.42 Å². The number of carbonyl (C=O) groups is 1. The molecule has 5 heteroatoms. The lowest BCUT2D eigenvalue weighted by molar-refractivity contribution is 0.0672. The smallest absolute Gasteiger partial charge is 0.254 e. The fraction of sp³-hybridized carbons (Fsp3) is 0.368.